The molecule has 28 heavy (non-hydrogen) atoms. The van der Waals surface area contributed by atoms with Crippen molar-refractivity contribution in [3.63, 3.8) is 0 Å². The highest BCUT2D eigenvalue weighted by Crippen LogP contribution is 2.34. The minimum absolute atomic E-state index is 0.0196. The Labute approximate surface area is 172 Å². The summed E-state index contributed by atoms with van der Waals surface area (Å²) >= 11 is 1.44. The van der Waals surface area contributed by atoms with Crippen LogP contribution in [0.2, 0.25) is 0 Å². The molecular formula is C23H27N3OS. The molecule has 4 nitrogen and oxygen atoms in total. The van der Waals surface area contributed by atoms with E-state index in [0.29, 0.717) is 11.4 Å². The molecule has 1 saturated heterocycles. The summed E-state index contributed by atoms with van der Waals surface area (Å²) in [5, 5.41) is 0.738. The van der Waals surface area contributed by atoms with Gasteiger partial charge in [-0.3, -0.25) is 9.69 Å². The Morgan fingerprint density at radius 2 is 1.64 bits per heavy atom. The summed E-state index contributed by atoms with van der Waals surface area (Å²) in [5.74, 6) is 0.0196. The maximum absolute atomic E-state index is 12.8. The van der Waals surface area contributed by atoms with E-state index in [4.69, 9.17) is 4.99 Å². The first-order valence-corrected chi connectivity index (χ1v) is 10.6. The third kappa shape index (κ3) is 4.47. The summed E-state index contributed by atoms with van der Waals surface area (Å²) in [5.41, 5.74) is 4.29. The molecule has 0 radical (unpaired) electrons. The summed E-state index contributed by atoms with van der Waals surface area (Å²) in [6.45, 7) is 10.9. The minimum Gasteiger partial charge on any atom is -0.372 e. The summed E-state index contributed by atoms with van der Waals surface area (Å²) in [4.78, 5) is 22.3. The van der Waals surface area contributed by atoms with Crippen molar-refractivity contribution < 1.29 is 4.79 Å². The Hall–Kier alpha value is -2.53. The Kier molecular flexibility index (Phi) is 6.57. The summed E-state index contributed by atoms with van der Waals surface area (Å²) < 4.78 is 0. The van der Waals surface area contributed by atoms with E-state index < -0.39 is 0 Å². The Morgan fingerprint density at radius 3 is 2.21 bits per heavy atom. The van der Waals surface area contributed by atoms with Crippen LogP contribution < -0.4 is 4.90 Å². The molecule has 1 amide bonds. The van der Waals surface area contributed by atoms with Gasteiger partial charge in [-0.15, -0.1) is 0 Å². The molecule has 2 aromatic rings. The highest BCUT2D eigenvalue weighted by atomic mass is 32.2. The van der Waals surface area contributed by atoms with Gasteiger partial charge < -0.3 is 4.90 Å². The summed E-state index contributed by atoms with van der Waals surface area (Å²) in [6.07, 6.45) is 1.96. The van der Waals surface area contributed by atoms with Gasteiger partial charge in [0.05, 0.1) is 10.6 Å². The third-order valence-electron chi connectivity index (χ3n) is 4.78. The second kappa shape index (κ2) is 9.11. The van der Waals surface area contributed by atoms with Crippen molar-refractivity contribution in [2.24, 2.45) is 4.99 Å². The Balaban J connectivity index is 1.84. The Morgan fingerprint density at radius 1 is 1.00 bits per heavy atom. The molecule has 1 aliphatic rings. The average Bonchev–Trinajstić information content (AvgIpc) is 3.00. The van der Waals surface area contributed by atoms with Crippen LogP contribution in [-0.4, -0.2) is 35.6 Å². The lowest BCUT2D eigenvalue weighted by Crippen LogP contribution is -2.28. The van der Waals surface area contributed by atoms with Gasteiger partial charge in [-0.1, -0.05) is 29.8 Å². The largest absolute Gasteiger partial charge is 0.372 e. The number of amidine groups is 1. The number of hydrogen-bond acceptors (Lipinski definition) is 4. The number of nitrogens with zero attached hydrogens (tertiary/aromatic N) is 3. The number of carbonyl (C=O) groups excluding carboxylic acids is 1. The quantitative estimate of drug-likeness (QED) is 0.611. The maximum atomic E-state index is 12.8. The molecule has 0 spiro atoms. The lowest BCUT2D eigenvalue weighted by molar-refractivity contribution is -0.122. The second-order valence-electron chi connectivity index (χ2n) is 6.65. The van der Waals surface area contributed by atoms with Gasteiger partial charge in [0, 0.05) is 25.3 Å². The minimum atomic E-state index is 0.0196. The van der Waals surface area contributed by atoms with Crippen LogP contribution in [0.4, 0.5) is 11.4 Å². The number of amides is 1. The molecule has 0 N–H and O–H groups in total. The van der Waals surface area contributed by atoms with Gasteiger partial charge in [0.1, 0.15) is 0 Å². The van der Waals surface area contributed by atoms with Gasteiger partial charge in [0.25, 0.3) is 5.91 Å². The van der Waals surface area contributed by atoms with Crippen LogP contribution in [-0.2, 0) is 4.79 Å². The number of aryl methyl sites for hydroxylation is 1. The van der Waals surface area contributed by atoms with Crippen LogP contribution in [0, 0.1) is 6.92 Å². The number of carbonyl (C=O) groups is 1. The predicted molar refractivity (Wildman–Crippen MR) is 121 cm³/mol. The third-order valence-corrected chi connectivity index (χ3v) is 5.79. The van der Waals surface area contributed by atoms with Gasteiger partial charge in [-0.2, -0.15) is 0 Å². The molecule has 1 fully saturated rings. The van der Waals surface area contributed by atoms with E-state index in [1.807, 2.05) is 37.3 Å². The fourth-order valence-corrected chi connectivity index (χ4v) is 4.18. The van der Waals surface area contributed by atoms with Crippen molar-refractivity contribution in [1.82, 2.24) is 4.90 Å². The van der Waals surface area contributed by atoms with Crippen molar-refractivity contribution in [3.05, 3.63) is 64.6 Å². The number of hydrogen-bond donors (Lipinski definition) is 0. The van der Waals surface area contributed by atoms with Gasteiger partial charge >= 0.3 is 0 Å². The van der Waals surface area contributed by atoms with Crippen molar-refractivity contribution in [2.75, 3.05) is 24.5 Å². The van der Waals surface area contributed by atoms with Crippen molar-refractivity contribution in [3.8, 4) is 0 Å². The zero-order chi connectivity index (χ0) is 20.1. The first-order valence-electron chi connectivity index (χ1n) is 9.77. The second-order valence-corrected chi connectivity index (χ2v) is 7.66. The zero-order valence-corrected chi connectivity index (χ0v) is 17.8. The van der Waals surface area contributed by atoms with E-state index in [0.717, 1.165) is 29.5 Å². The number of rotatable bonds is 6. The first-order chi connectivity index (χ1) is 13.5. The van der Waals surface area contributed by atoms with E-state index in [1.165, 1.54) is 23.0 Å². The number of aliphatic imine (C=N–C) groups is 1. The van der Waals surface area contributed by atoms with Crippen molar-refractivity contribution >= 4 is 40.3 Å². The molecular weight excluding hydrogens is 366 g/mol. The fourth-order valence-electron chi connectivity index (χ4n) is 3.12. The molecule has 1 heterocycles. The molecule has 0 unspecified atom stereocenters. The van der Waals surface area contributed by atoms with Crippen LogP contribution in [0.25, 0.3) is 6.08 Å². The average molecular weight is 394 g/mol. The molecule has 0 bridgehead atoms. The highest BCUT2D eigenvalue weighted by molar-refractivity contribution is 8.18. The van der Waals surface area contributed by atoms with Gasteiger partial charge in [-0.05, 0) is 75.4 Å². The molecule has 0 saturated carbocycles. The lowest BCUT2D eigenvalue weighted by atomic mass is 10.1. The fraction of sp³-hybridized carbons (Fsp3) is 0.304. The number of anilines is 1. The summed E-state index contributed by atoms with van der Waals surface area (Å²) in [7, 11) is 0. The first kappa shape index (κ1) is 20.2. The molecule has 5 heteroatoms. The topological polar surface area (TPSA) is 35.9 Å². The van der Waals surface area contributed by atoms with Gasteiger partial charge in [0.15, 0.2) is 5.17 Å². The van der Waals surface area contributed by atoms with Crippen LogP contribution in [0.1, 0.15) is 31.9 Å². The molecule has 0 aliphatic carbocycles. The molecule has 0 aromatic heterocycles. The van der Waals surface area contributed by atoms with E-state index in [1.54, 1.807) is 4.90 Å². The summed E-state index contributed by atoms with van der Waals surface area (Å²) in [6, 6.07) is 16.4. The smallest absolute Gasteiger partial charge is 0.266 e. The molecule has 3 rings (SSSR count). The van der Waals surface area contributed by atoms with E-state index in [-0.39, 0.29) is 5.91 Å². The van der Waals surface area contributed by atoms with Crippen LogP contribution in [0.15, 0.2) is 58.4 Å². The Bertz CT molecular complexity index is 881. The molecule has 1 aliphatic heterocycles. The zero-order valence-electron chi connectivity index (χ0n) is 17.0. The molecule has 0 atom stereocenters. The van der Waals surface area contributed by atoms with E-state index in [9.17, 15) is 4.79 Å². The van der Waals surface area contributed by atoms with Crippen LogP contribution >= 0.6 is 11.8 Å². The standard InChI is InChI=1S/C23H27N3OS/c1-5-25(6-2)20-14-10-18(11-15-20)16-21-22(27)26(7-3)23(28-21)24-19-12-8-17(4)9-13-19/h8-16H,5-7H2,1-4H3/b21-16+,24-23?. The van der Waals surface area contributed by atoms with Crippen molar-refractivity contribution in [2.45, 2.75) is 27.7 Å². The lowest BCUT2D eigenvalue weighted by Gasteiger charge is -2.20. The van der Waals surface area contributed by atoms with Crippen LogP contribution in [0.3, 0.4) is 0 Å². The number of thioether (sulfide) groups is 1. The maximum Gasteiger partial charge on any atom is 0.266 e. The van der Waals surface area contributed by atoms with Crippen LogP contribution in [0.5, 0.6) is 0 Å². The SMILES string of the molecule is CCN1C(=O)/C(=C\c2ccc(N(CC)CC)cc2)SC1=Nc1ccc(C)cc1. The number of likely N-dealkylation sites (N-methyl/N-ethyl adjacent to an activating group) is 1. The number of benzene rings is 2. The molecule has 2 aromatic carbocycles. The predicted octanol–water partition coefficient (Wildman–Crippen LogP) is 5.47. The van der Waals surface area contributed by atoms with Gasteiger partial charge in [-0.25, -0.2) is 4.99 Å². The van der Waals surface area contributed by atoms with Gasteiger partial charge in [0.2, 0.25) is 0 Å². The van der Waals surface area contributed by atoms with E-state index in [2.05, 4.69) is 49.9 Å². The monoisotopic (exact) mass is 393 g/mol. The van der Waals surface area contributed by atoms with E-state index >= 15 is 0 Å². The normalized spacial score (nSPS) is 17.0. The van der Waals surface area contributed by atoms with Crippen molar-refractivity contribution in [1.29, 1.82) is 0 Å². The highest BCUT2D eigenvalue weighted by Gasteiger charge is 2.32. The molecule has 146 valence electrons.